The smallest absolute Gasteiger partial charge is 0.497 e. The van der Waals surface area contributed by atoms with E-state index in [4.69, 9.17) is 14.2 Å². The number of anilines is 1. The number of alkyl halides is 4. The molecular formula is C31H28F4N6O6S. The molecule has 48 heavy (non-hydrogen) atoms. The van der Waals surface area contributed by atoms with E-state index < -0.39 is 23.8 Å². The van der Waals surface area contributed by atoms with Gasteiger partial charge in [0.25, 0.3) is 5.91 Å². The van der Waals surface area contributed by atoms with Crippen LogP contribution in [-0.4, -0.2) is 64.7 Å². The highest BCUT2D eigenvalue weighted by Crippen LogP contribution is 2.39. The minimum Gasteiger partial charge on any atom is -0.497 e. The first-order valence-electron chi connectivity index (χ1n) is 14.1. The Balaban J connectivity index is 1.25. The molecule has 17 heteroatoms. The van der Waals surface area contributed by atoms with Crippen molar-refractivity contribution >= 4 is 34.6 Å². The fraction of sp³-hybridized carbons (Fsp3) is 0.258. The highest BCUT2D eigenvalue weighted by molar-refractivity contribution is 8.16. The number of aromatic nitrogens is 3. The van der Waals surface area contributed by atoms with E-state index in [0.717, 1.165) is 22.6 Å². The monoisotopic (exact) mass is 688 g/mol. The van der Waals surface area contributed by atoms with Gasteiger partial charge >= 0.3 is 12.4 Å². The van der Waals surface area contributed by atoms with Crippen molar-refractivity contribution in [3.8, 4) is 40.1 Å². The lowest BCUT2D eigenvalue weighted by Gasteiger charge is -2.22. The number of nitrogens with one attached hydrogen (secondary N) is 1. The van der Waals surface area contributed by atoms with E-state index in [-0.39, 0.29) is 29.4 Å². The van der Waals surface area contributed by atoms with Gasteiger partial charge in [0.2, 0.25) is 5.50 Å². The molecule has 1 N–H and O–H groups in total. The van der Waals surface area contributed by atoms with Gasteiger partial charge in [-0.1, -0.05) is 19.9 Å². The maximum atomic E-state index is 14.6. The number of amides is 3. The summed E-state index contributed by atoms with van der Waals surface area (Å²) in [4.78, 5) is 34.8. The van der Waals surface area contributed by atoms with Gasteiger partial charge in [-0.25, -0.2) is 18.9 Å². The van der Waals surface area contributed by atoms with Crippen molar-refractivity contribution in [1.82, 2.24) is 20.1 Å². The van der Waals surface area contributed by atoms with Crippen LogP contribution in [-0.2, 0) is 4.79 Å². The molecule has 1 aromatic heterocycles. The normalized spacial score (nSPS) is 15.6. The Kier molecular flexibility index (Phi) is 10.1. The molecular weight excluding hydrogens is 660 g/mol. The Hall–Kier alpha value is -5.32. The van der Waals surface area contributed by atoms with Gasteiger partial charge in [0.05, 0.1) is 31.2 Å². The fourth-order valence-corrected chi connectivity index (χ4v) is 5.41. The number of hydrogen-bond acceptors (Lipinski definition) is 9. The predicted molar refractivity (Wildman–Crippen MR) is 169 cm³/mol. The Morgan fingerprint density at radius 3 is 2.40 bits per heavy atom. The number of benzene rings is 3. The first kappa shape index (κ1) is 34.0. The Morgan fingerprint density at radius 2 is 1.73 bits per heavy atom. The van der Waals surface area contributed by atoms with Crippen molar-refractivity contribution < 1.29 is 46.1 Å². The Bertz CT molecular complexity index is 1830. The predicted octanol–water partition coefficient (Wildman–Crippen LogP) is 6.45. The van der Waals surface area contributed by atoms with E-state index in [9.17, 15) is 27.2 Å². The second kappa shape index (κ2) is 14.2. The van der Waals surface area contributed by atoms with Crippen molar-refractivity contribution in [3.05, 3.63) is 72.6 Å². The maximum absolute atomic E-state index is 14.6. The number of amidine groups is 1. The van der Waals surface area contributed by atoms with E-state index in [1.54, 1.807) is 30.3 Å². The zero-order valence-electron chi connectivity index (χ0n) is 25.8. The van der Waals surface area contributed by atoms with Gasteiger partial charge in [0.1, 0.15) is 29.3 Å². The van der Waals surface area contributed by atoms with Crippen LogP contribution in [0, 0.1) is 0 Å². The molecule has 252 valence electrons. The van der Waals surface area contributed by atoms with Crippen molar-refractivity contribution in [3.63, 3.8) is 0 Å². The third kappa shape index (κ3) is 7.79. The number of nitrogens with zero attached hydrogens (tertiary/aromatic N) is 5. The molecule has 0 radical (unpaired) electrons. The fourth-order valence-electron chi connectivity index (χ4n) is 4.59. The summed E-state index contributed by atoms with van der Waals surface area (Å²) in [6.45, 7) is 3.51. The number of hydrogen-bond donors (Lipinski definition) is 1. The van der Waals surface area contributed by atoms with Gasteiger partial charge in [-0.05, 0) is 65.7 Å². The molecule has 0 spiro atoms. The van der Waals surface area contributed by atoms with Crippen LogP contribution in [0.5, 0.6) is 23.0 Å². The molecule has 1 unspecified atom stereocenters. The van der Waals surface area contributed by atoms with Gasteiger partial charge in [-0.15, -0.1) is 18.3 Å². The highest BCUT2D eigenvalue weighted by Gasteiger charge is 2.41. The van der Waals surface area contributed by atoms with Crippen LogP contribution < -0.4 is 29.2 Å². The molecule has 0 bridgehead atoms. The molecule has 3 aromatic carbocycles. The Morgan fingerprint density at radius 1 is 1.02 bits per heavy atom. The Labute approximate surface area is 275 Å². The van der Waals surface area contributed by atoms with Gasteiger partial charge in [-0.3, -0.25) is 9.69 Å². The van der Waals surface area contributed by atoms with Crippen LogP contribution in [0.15, 0.2) is 72.0 Å². The quantitative estimate of drug-likeness (QED) is 0.148. The largest absolute Gasteiger partial charge is 0.573 e. The SMILES string of the molecule is COc1ccc(C(C)C)c(N2C(=O)C(F)S/C2=N\C(=O)NCOc2ccc(-c3ncn(-c4ccc(OC(F)(F)F)cc4)n3)c(OC)c2)c1. The number of rotatable bonds is 10. The summed E-state index contributed by atoms with van der Waals surface area (Å²) < 4.78 is 73.6. The summed E-state index contributed by atoms with van der Waals surface area (Å²) >= 11 is 0.516. The standard InChI is InChI=1S/C31H28F4N6O6S/c1-17(2)22-11-9-20(44-3)13-24(22)41-28(42)26(32)48-30(41)38-29(43)37-16-46-21-10-12-23(25(14-21)45-4)27-36-15-40(39-27)18-5-7-19(8-6-18)47-31(33,34)35/h5-15,17,26H,16H2,1-4H3,(H,37,43)/b38-30-. The van der Waals surface area contributed by atoms with Gasteiger partial charge in [0, 0.05) is 12.1 Å². The molecule has 0 aliphatic carbocycles. The molecule has 1 aliphatic rings. The van der Waals surface area contributed by atoms with Crippen molar-refractivity contribution in [2.45, 2.75) is 31.6 Å². The number of halogens is 4. The number of carbonyl (C=O) groups is 2. The molecule has 2 heterocycles. The lowest BCUT2D eigenvalue weighted by molar-refractivity contribution is -0.274. The van der Waals surface area contributed by atoms with E-state index in [0.29, 0.717) is 45.9 Å². The van der Waals surface area contributed by atoms with Crippen LogP contribution in [0.4, 0.5) is 28.0 Å². The maximum Gasteiger partial charge on any atom is 0.573 e. The molecule has 1 atom stereocenters. The second-order valence-corrected chi connectivity index (χ2v) is 11.3. The molecule has 5 rings (SSSR count). The molecule has 4 aromatic rings. The van der Waals surface area contributed by atoms with E-state index in [2.05, 4.69) is 25.1 Å². The van der Waals surface area contributed by atoms with Crippen molar-refractivity contribution in [2.75, 3.05) is 25.9 Å². The first-order valence-corrected chi connectivity index (χ1v) is 15.0. The molecule has 12 nitrogen and oxygen atoms in total. The molecule has 3 amide bonds. The van der Waals surface area contributed by atoms with Gasteiger partial charge < -0.3 is 24.3 Å². The minimum absolute atomic E-state index is 0.0248. The summed E-state index contributed by atoms with van der Waals surface area (Å²) in [6, 6.07) is 14.1. The van der Waals surface area contributed by atoms with Crippen molar-refractivity contribution in [2.24, 2.45) is 4.99 Å². The topological polar surface area (TPSA) is 129 Å². The number of aliphatic imine (C=N–C) groups is 1. The van der Waals surface area contributed by atoms with Crippen LogP contribution >= 0.6 is 11.8 Å². The molecule has 0 saturated carbocycles. The molecule has 1 saturated heterocycles. The number of urea groups is 1. The van der Waals surface area contributed by atoms with Gasteiger partial charge in [-0.2, -0.15) is 4.99 Å². The lowest BCUT2D eigenvalue weighted by atomic mass is 10.00. The molecule has 1 fully saturated rings. The summed E-state index contributed by atoms with van der Waals surface area (Å²) in [5, 5.41) is 6.70. The second-order valence-electron chi connectivity index (χ2n) is 10.3. The van der Waals surface area contributed by atoms with Crippen LogP contribution in [0.1, 0.15) is 25.3 Å². The summed E-state index contributed by atoms with van der Waals surface area (Å²) in [6.07, 6.45) is -3.42. The average Bonchev–Trinajstić information content (AvgIpc) is 3.64. The van der Waals surface area contributed by atoms with Gasteiger partial charge in [0.15, 0.2) is 17.7 Å². The number of thioether (sulfide) groups is 1. The lowest BCUT2D eigenvalue weighted by Crippen LogP contribution is -2.34. The zero-order valence-corrected chi connectivity index (χ0v) is 26.6. The van der Waals surface area contributed by atoms with Crippen molar-refractivity contribution in [1.29, 1.82) is 0 Å². The zero-order chi connectivity index (χ0) is 34.6. The summed E-state index contributed by atoms with van der Waals surface area (Å²) in [5.74, 6) is 0.0806. The highest BCUT2D eigenvalue weighted by atomic mass is 32.2. The van der Waals surface area contributed by atoms with E-state index in [1.807, 2.05) is 13.8 Å². The van der Waals surface area contributed by atoms with Crippen LogP contribution in [0.3, 0.4) is 0 Å². The van der Waals surface area contributed by atoms with Crippen LogP contribution in [0.25, 0.3) is 17.1 Å². The third-order valence-electron chi connectivity index (χ3n) is 6.82. The first-order chi connectivity index (χ1) is 22.9. The summed E-state index contributed by atoms with van der Waals surface area (Å²) in [5.41, 5.74) is 0.0892. The number of ether oxygens (including phenoxy) is 4. The summed E-state index contributed by atoms with van der Waals surface area (Å²) in [7, 11) is 2.89. The number of methoxy groups -OCH3 is 2. The van der Waals surface area contributed by atoms with Crippen LogP contribution in [0.2, 0.25) is 0 Å². The third-order valence-corrected chi connectivity index (χ3v) is 7.71. The minimum atomic E-state index is -4.80. The molecule has 1 aliphatic heterocycles. The van der Waals surface area contributed by atoms with E-state index >= 15 is 0 Å². The van der Waals surface area contributed by atoms with E-state index in [1.165, 1.54) is 43.4 Å². The number of carbonyl (C=O) groups excluding carboxylic acids is 2. The average molecular weight is 689 g/mol.